The van der Waals surface area contributed by atoms with Gasteiger partial charge in [0.1, 0.15) is 5.03 Å². The Labute approximate surface area is 197 Å². The number of anilines is 2. The molecule has 2 heterocycles. The molecule has 31 heavy (non-hydrogen) atoms. The van der Waals surface area contributed by atoms with Crippen LogP contribution in [0.4, 0.5) is 11.6 Å². The van der Waals surface area contributed by atoms with Crippen molar-refractivity contribution in [3.8, 4) is 0 Å². The Morgan fingerprint density at radius 1 is 1.26 bits per heavy atom. The lowest BCUT2D eigenvalue weighted by Gasteiger charge is -2.42. The van der Waals surface area contributed by atoms with E-state index in [9.17, 15) is 5.11 Å². The summed E-state index contributed by atoms with van der Waals surface area (Å²) in [5, 5.41) is 14.4. The van der Waals surface area contributed by atoms with Crippen molar-refractivity contribution in [1.29, 1.82) is 0 Å². The summed E-state index contributed by atoms with van der Waals surface area (Å²) in [6.45, 7) is 4.24. The highest BCUT2D eigenvalue weighted by Crippen LogP contribution is 2.46. The third-order valence-corrected chi connectivity index (χ3v) is 8.64. The predicted molar refractivity (Wildman–Crippen MR) is 129 cm³/mol. The molecule has 1 saturated carbocycles. The summed E-state index contributed by atoms with van der Waals surface area (Å²) in [6, 6.07) is 5.87. The number of aliphatic hydroxyl groups is 1. The second kappa shape index (κ2) is 9.71. The van der Waals surface area contributed by atoms with Crippen molar-refractivity contribution < 1.29 is 5.11 Å². The van der Waals surface area contributed by atoms with Gasteiger partial charge < -0.3 is 21.1 Å². The number of piperidine rings is 1. The summed E-state index contributed by atoms with van der Waals surface area (Å²) in [6.07, 6.45) is 5.78. The summed E-state index contributed by atoms with van der Waals surface area (Å²) in [5.74, 6) is 1.53. The molecule has 0 amide bonds. The van der Waals surface area contributed by atoms with Crippen molar-refractivity contribution >= 4 is 46.6 Å². The highest BCUT2D eigenvalue weighted by Gasteiger charge is 2.43. The average molecular weight is 482 g/mol. The molecule has 1 aliphatic carbocycles. The van der Waals surface area contributed by atoms with E-state index >= 15 is 0 Å². The summed E-state index contributed by atoms with van der Waals surface area (Å²) < 4.78 is 0. The lowest BCUT2D eigenvalue weighted by atomic mass is 9.74. The monoisotopic (exact) mass is 481 g/mol. The molecule has 1 aliphatic heterocycles. The molecule has 9 heteroatoms. The molecule has 2 fully saturated rings. The second-order valence-corrected chi connectivity index (χ2v) is 10.3. The minimum Gasteiger partial charge on any atom is -0.395 e. The van der Waals surface area contributed by atoms with Gasteiger partial charge in [0.15, 0.2) is 11.6 Å². The largest absolute Gasteiger partial charge is 0.395 e. The Balaban J connectivity index is 1.59. The molecule has 168 valence electrons. The van der Waals surface area contributed by atoms with Gasteiger partial charge in [-0.05, 0) is 50.2 Å². The van der Waals surface area contributed by atoms with Gasteiger partial charge in [-0.15, -0.1) is 0 Å². The van der Waals surface area contributed by atoms with Crippen LogP contribution in [0.15, 0.2) is 28.1 Å². The van der Waals surface area contributed by atoms with Gasteiger partial charge in [0, 0.05) is 30.6 Å². The Hall–Kier alpha value is -1.25. The molecule has 2 aliphatic rings. The zero-order valence-electron chi connectivity index (χ0n) is 17.7. The number of nitrogens with two attached hydrogens (primary N) is 1. The maximum atomic E-state index is 9.35. The first-order chi connectivity index (χ1) is 14.9. The van der Waals surface area contributed by atoms with Gasteiger partial charge in [-0.1, -0.05) is 47.5 Å². The third-order valence-electron chi connectivity index (χ3n) is 6.57. The lowest BCUT2D eigenvalue weighted by molar-refractivity contribution is 0.197. The number of aliphatic hydroxyl groups excluding tert-OH is 1. The summed E-state index contributed by atoms with van der Waals surface area (Å²) >= 11 is 14.0. The highest BCUT2D eigenvalue weighted by molar-refractivity contribution is 7.99. The molecule has 2 aromatic rings. The maximum Gasteiger partial charge on any atom is 0.172 e. The van der Waals surface area contributed by atoms with E-state index in [4.69, 9.17) is 38.9 Å². The van der Waals surface area contributed by atoms with Crippen LogP contribution >= 0.6 is 35.0 Å². The molecule has 1 aromatic heterocycles. The number of nitrogens with one attached hydrogen (secondary N) is 1. The molecule has 0 bridgehead atoms. The van der Waals surface area contributed by atoms with Crippen LogP contribution in [0.25, 0.3) is 0 Å². The average Bonchev–Trinajstić information content (AvgIpc) is 3.11. The Morgan fingerprint density at radius 2 is 2.03 bits per heavy atom. The number of hydrogen-bond acceptors (Lipinski definition) is 7. The number of hydrogen-bond donors (Lipinski definition) is 3. The number of halogens is 2. The fraction of sp³-hybridized carbons (Fsp3) is 0.545. The molecule has 1 atom stereocenters. The normalized spacial score (nSPS) is 20.4. The van der Waals surface area contributed by atoms with E-state index in [2.05, 4.69) is 10.2 Å². The minimum atomic E-state index is 0.0234. The molecular weight excluding hydrogens is 453 g/mol. The van der Waals surface area contributed by atoms with Crippen LogP contribution in [0, 0.1) is 12.3 Å². The first-order valence-electron chi connectivity index (χ1n) is 10.8. The van der Waals surface area contributed by atoms with Crippen molar-refractivity contribution in [1.82, 2.24) is 9.97 Å². The number of aryl methyl sites for hydroxylation is 1. The standard InChI is InChI=1S/C22H29Cl2N5OS/c1-14-21(31-16-5-2-4-15(23)18(16)24)28-19(26-10-13-30)20(27-14)29-11-8-22(9-12-29)7-3-6-17(22)25/h2,4-5,17,30H,3,6-13,25H2,1H3,(H,26,28). The molecule has 1 saturated heterocycles. The van der Waals surface area contributed by atoms with E-state index in [1.54, 1.807) is 6.07 Å². The van der Waals surface area contributed by atoms with Gasteiger partial charge >= 0.3 is 0 Å². The van der Waals surface area contributed by atoms with Crippen LogP contribution in [0.2, 0.25) is 10.0 Å². The molecule has 1 aromatic carbocycles. The Kier molecular flexibility index (Phi) is 7.18. The molecule has 4 rings (SSSR count). The number of benzene rings is 1. The zero-order valence-corrected chi connectivity index (χ0v) is 20.0. The first-order valence-corrected chi connectivity index (χ1v) is 12.4. The second-order valence-electron chi connectivity index (χ2n) is 8.44. The zero-order chi connectivity index (χ0) is 22.0. The van der Waals surface area contributed by atoms with Crippen LogP contribution in [-0.2, 0) is 0 Å². The van der Waals surface area contributed by atoms with Crippen LogP contribution < -0.4 is 16.0 Å². The van der Waals surface area contributed by atoms with E-state index in [0.717, 1.165) is 53.8 Å². The van der Waals surface area contributed by atoms with E-state index in [1.165, 1.54) is 24.6 Å². The quantitative estimate of drug-likeness (QED) is 0.548. The Bertz CT molecular complexity index is 936. The van der Waals surface area contributed by atoms with E-state index in [0.29, 0.717) is 28.4 Å². The summed E-state index contributed by atoms with van der Waals surface area (Å²) in [4.78, 5) is 12.9. The molecule has 1 unspecified atom stereocenters. The first kappa shape index (κ1) is 22.9. The third kappa shape index (κ3) is 4.76. The fourth-order valence-electron chi connectivity index (χ4n) is 4.72. The highest BCUT2D eigenvalue weighted by atomic mass is 35.5. The predicted octanol–water partition coefficient (Wildman–Crippen LogP) is 4.75. The van der Waals surface area contributed by atoms with Crippen LogP contribution in [0.3, 0.4) is 0 Å². The summed E-state index contributed by atoms with van der Waals surface area (Å²) in [5.41, 5.74) is 7.58. The topological polar surface area (TPSA) is 87.3 Å². The number of rotatable bonds is 6. The number of aromatic nitrogens is 2. The summed E-state index contributed by atoms with van der Waals surface area (Å²) in [7, 11) is 0. The fourth-order valence-corrected chi connectivity index (χ4v) is 6.08. The SMILES string of the molecule is Cc1nc(N2CCC3(CCCC3N)CC2)c(NCCO)nc1Sc1cccc(Cl)c1Cl. The molecule has 1 spiro atoms. The van der Waals surface area contributed by atoms with Gasteiger partial charge in [0.2, 0.25) is 0 Å². The number of nitrogens with zero attached hydrogens (tertiary/aromatic N) is 3. The van der Waals surface area contributed by atoms with Crippen molar-refractivity contribution in [3.63, 3.8) is 0 Å². The maximum absolute atomic E-state index is 9.35. The van der Waals surface area contributed by atoms with Crippen LogP contribution in [0.1, 0.15) is 37.8 Å². The van der Waals surface area contributed by atoms with E-state index < -0.39 is 0 Å². The lowest BCUT2D eigenvalue weighted by Crippen LogP contribution is -2.47. The van der Waals surface area contributed by atoms with Crippen LogP contribution in [-0.4, -0.2) is 47.4 Å². The minimum absolute atomic E-state index is 0.0234. The molecule has 6 nitrogen and oxygen atoms in total. The van der Waals surface area contributed by atoms with Gasteiger partial charge in [0.25, 0.3) is 0 Å². The van der Waals surface area contributed by atoms with Gasteiger partial charge in [-0.3, -0.25) is 0 Å². The Morgan fingerprint density at radius 3 is 2.71 bits per heavy atom. The van der Waals surface area contributed by atoms with E-state index in [-0.39, 0.29) is 12.0 Å². The van der Waals surface area contributed by atoms with Crippen molar-refractivity contribution in [3.05, 3.63) is 33.9 Å². The molecule has 4 N–H and O–H groups in total. The van der Waals surface area contributed by atoms with Gasteiger partial charge in [-0.25, -0.2) is 9.97 Å². The van der Waals surface area contributed by atoms with Crippen molar-refractivity contribution in [2.24, 2.45) is 11.1 Å². The van der Waals surface area contributed by atoms with E-state index in [1.807, 2.05) is 19.1 Å². The van der Waals surface area contributed by atoms with Crippen LogP contribution in [0.5, 0.6) is 0 Å². The van der Waals surface area contributed by atoms with Crippen molar-refractivity contribution in [2.45, 2.75) is 55.0 Å². The van der Waals surface area contributed by atoms with Gasteiger partial charge in [0.05, 0.1) is 22.3 Å². The smallest absolute Gasteiger partial charge is 0.172 e. The molecular formula is C22H29Cl2N5OS. The molecule has 0 radical (unpaired) electrons. The van der Waals surface area contributed by atoms with Crippen molar-refractivity contribution in [2.75, 3.05) is 36.5 Å². The van der Waals surface area contributed by atoms with Gasteiger partial charge in [-0.2, -0.15) is 0 Å².